The van der Waals surface area contributed by atoms with Gasteiger partial charge in [-0.3, -0.25) is 0 Å². The summed E-state index contributed by atoms with van der Waals surface area (Å²) in [6.07, 6.45) is 1.32. The molecule has 0 aliphatic rings. The first kappa shape index (κ1) is 11.9. The molecule has 0 saturated carbocycles. The second-order valence-corrected chi connectivity index (χ2v) is 2.64. The van der Waals surface area contributed by atoms with Gasteiger partial charge in [0, 0.05) is 12.3 Å². The van der Waals surface area contributed by atoms with Gasteiger partial charge in [-0.1, -0.05) is 6.07 Å². The Morgan fingerprint density at radius 2 is 2.08 bits per heavy atom. The molecule has 0 unspecified atom stereocenters. The van der Waals surface area contributed by atoms with Crippen LogP contribution in [0.1, 0.15) is 0 Å². The molecule has 0 aliphatic carbocycles. The molecule has 0 saturated heterocycles. The van der Waals surface area contributed by atoms with Crippen LogP contribution in [0.15, 0.2) is 24.4 Å². The van der Waals surface area contributed by atoms with E-state index in [1.54, 1.807) is 6.07 Å². The van der Waals surface area contributed by atoms with Crippen LogP contribution in [-0.4, -0.2) is 18.0 Å². The number of nitrogens with zero attached hydrogens (tertiary/aromatic N) is 1. The average molecular weight is 197 g/mol. The SMILES string of the molecule is O=S(=O)([O-])Oc1ccccn1.[Na+]. The largest absolute Gasteiger partial charge is 1.00 e. The van der Waals surface area contributed by atoms with Crippen molar-refractivity contribution in [3.63, 3.8) is 0 Å². The quantitative estimate of drug-likeness (QED) is 0.285. The predicted octanol–water partition coefficient (Wildman–Crippen LogP) is -3.08. The minimum absolute atomic E-state index is 0. The van der Waals surface area contributed by atoms with Crippen LogP contribution in [0.2, 0.25) is 0 Å². The van der Waals surface area contributed by atoms with Gasteiger partial charge in [0.15, 0.2) is 0 Å². The minimum atomic E-state index is -4.69. The fourth-order valence-electron chi connectivity index (χ4n) is 0.501. The molecule has 7 heteroatoms. The summed E-state index contributed by atoms with van der Waals surface area (Å²) in [5.74, 6) is -0.220. The molecule has 1 rings (SSSR count). The first-order valence-corrected chi connectivity index (χ1v) is 3.97. The Hall–Kier alpha value is -0.140. The fourth-order valence-corrected chi connectivity index (χ4v) is 0.809. The van der Waals surface area contributed by atoms with Gasteiger partial charge in [0.05, 0.1) is 0 Å². The topological polar surface area (TPSA) is 79.3 Å². The van der Waals surface area contributed by atoms with E-state index in [1.165, 1.54) is 18.3 Å². The maximum Gasteiger partial charge on any atom is 1.00 e. The smallest absolute Gasteiger partial charge is 0.716 e. The Morgan fingerprint density at radius 3 is 2.50 bits per heavy atom. The molecular weight excluding hydrogens is 193 g/mol. The molecule has 0 N–H and O–H groups in total. The van der Waals surface area contributed by atoms with Crippen molar-refractivity contribution < 1.29 is 46.7 Å². The summed E-state index contributed by atoms with van der Waals surface area (Å²) in [6, 6.07) is 4.35. The summed E-state index contributed by atoms with van der Waals surface area (Å²) in [4.78, 5) is 3.46. The summed E-state index contributed by atoms with van der Waals surface area (Å²) < 4.78 is 33.9. The van der Waals surface area contributed by atoms with Crippen molar-refractivity contribution in [1.29, 1.82) is 0 Å². The van der Waals surface area contributed by atoms with Gasteiger partial charge < -0.3 is 8.74 Å². The van der Waals surface area contributed by atoms with E-state index in [0.717, 1.165) is 0 Å². The van der Waals surface area contributed by atoms with Crippen LogP contribution in [0.4, 0.5) is 0 Å². The molecule has 60 valence electrons. The van der Waals surface area contributed by atoms with Crippen LogP contribution in [0.3, 0.4) is 0 Å². The normalized spacial score (nSPS) is 10.1. The summed E-state index contributed by atoms with van der Waals surface area (Å²) >= 11 is 0. The Morgan fingerprint density at radius 1 is 1.42 bits per heavy atom. The van der Waals surface area contributed by atoms with Crippen molar-refractivity contribution in [3.05, 3.63) is 24.4 Å². The third kappa shape index (κ3) is 4.68. The summed E-state index contributed by atoms with van der Waals surface area (Å²) in [5.41, 5.74) is 0. The molecular formula is C5H4NNaO4S. The van der Waals surface area contributed by atoms with Crippen LogP contribution in [0.5, 0.6) is 5.88 Å². The maximum atomic E-state index is 9.98. The van der Waals surface area contributed by atoms with Crippen molar-refractivity contribution >= 4 is 10.4 Å². The number of hydrogen-bond donors (Lipinski definition) is 0. The van der Waals surface area contributed by atoms with Gasteiger partial charge in [0.1, 0.15) is 0 Å². The molecule has 0 spiro atoms. The van der Waals surface area contributed by atoms with E-state index < -0.39 is 10.4 Å². The van der Waals surface area contributed by atoms with Gasteiger partial charge >= 0.3 is 29.6 Å². The zero-order valence-corrected chi connectivity index (χ0v) is 9.11. The molecule has 1 aromatic heterocycles. The Bertz CT molecular complexity index is 325. The molecule has 0 atom stereocenters. The first-order valence-electron chi connectivity index (χ1n) is 2.64. The third-order valence-corrected chi connectivity index (χ3v) is 1.20. The predicted molar refractivity (Wildman–Crippen MR) is 34.6 cm³/mol. The fraction of sp³-hybridized carbons (Fsp3) is 0. The van der Waals surface area contributed by atoms with Gasteiger partial charge in [-0.05, 0) is 6.07 Å². The standard InChI is InChI=1S/C5H5NO4S.Na/c7-11(8,9)10-5-3-1-2-4-6-5;/h1-4H,(H,7,8,9);/q;+1/p-1. The molecule has 0 aliphatic heterocycles. The van der Waals surface area contributed by atoms with E-state index >= 15 is 0 Å². The van der Waals surface area contributed by atoms with E-state index in [4.69, 9.17) is 0 Å². The summed E-state index contributed by atoms with van der Waals surface area (Å²) in [6.45, 7) is 0. The first-order chi connectivity index (χ1) is 5.08. The third-order valence-electron chi connectivity index (χ3n) is 0.825. The zero-order chi connectivity index (χ0) is 8.32. The maximum absolute atomic E-state index is 9.98. The van der Waals surface area contributed by atoms with E-state index in [9.17, 15) is 13.0 Å². The Kier molecular flexibility index (Phi) is 4.73. The molecule has 0 amide bonds. The van der Waals surface area contributed by atoms with Gasteiger partial charge in [-0.15, -0.1) is 0 Å². The Balaban J connectivity index is 0.00000121. The number of pyridine rings is 1. The van der Waals surface area contributed by atoms with E-state index in [0.29, 0.717) is 0 Å². The molecule has 0 bridgehead atoms. The summed E-state index contributed by atoms with van der Waals surface area (Å²) in [7, 11) is -4.69. The van der Waals surface area contributed by atoms with Gasteiger partial charge in [-0.25, -0.2) is 13.4 Å². The van der Waals surface area contributed by atoms with Crippen molar-refractivity contribution in [1.82, 2.24) is 4.98 Å². The Labute approximate surface area is 92.0 Å². The summed E-state index contributed by atoms with van der Waals surface area (Å²) in [5, 5.41) is 0. The number of aromatic nitrogens is 1. The van der Waals surface area contributed by atoms with Crippen molar-refractivity contribution in [3.8, 4) is 5.88 Å². The second kappa shape index (κ2) is 4.78. The molecule has 1 aromatic rings. The monoisotopic (exact) mass is 197 g/mol. The van der Waals surface area contributed by atoms with Crippen LogP contribution in [-0.2, 0) is 10.4 Å². The molecule has 1 heterocycles. The van der Waals surface area contributed by atoms with Gasteiger partial charge in [0.25, 0.3) is 10.4 Å². The number of hydrogen-bond acceptors (Lipinski definition) is 5. The van der Waals surface area contributed by atoms with E-state index in [2.05, 4.69) is 9.17 Å². The zero-order valence-electron chi connectivity index (χ0n) is 6.30. The van der Waals surface area contributed by atoms with Crippen molar-refractivity contribution in [2.75, 3.05) is 0 Å². The van der Waals surface area contributed by atoms with E-state index in [1.807, 2.05) is 0 Å². The van der Waals surface area contributed by atoms with Crippen LogP contribution < -0.4 is 33.7 Å². The molecule has 12 heavy (non-hydrogen) atoms. The molecule has 0 radical (unpaired) electrons. The van der Waals surface area contributed by atoms with Gasteiger partial charge in [-0.2, -0.15) is 0 Å². The van der Waals surface area contributed by atoms with E-state index in [-0.39, 0.29) is 35.4 Å². The van der Waals surface area contributed by atoms with Crippen LogP contribution in [0, 0.1) is 0 Å². The number of rotatable bonds is 2. The average Bonchev–Trinajstić information content (AvgIpc) is 1.85. The van der Waals surface area contributed by atoms with Crippen LogP contribution in [0.25, 0.3) is 0 Å². The molecule has 0 aromatic carbocycles. The van der Waals surface area contributed by atoms with Crippen molar-refractivity contribution in [2.45, 2.75) is 0 Å². The van der Waals surface area contributed by atoms with Crippen molar-refractivity contribution in [2.24, 2.45) is 0 Å². The second-order valence-electron chi connectivity index (χ2n) is 1.66. The van der Waals surface area contributed by atoms with Gasteiger partial charge in [0.2, 0.25) is 5.88 Å². The molecule has 5 nitrogen and oxygen atoms in total. The minimum Gasteiger partial charge on any atom is -0.716 e. The van der Waals surface area contributed by atoms with Crippen LogP contribution >= 0.6 is 0 Å². The molecule has 0 fully saturated rings.